The Balaban J connectivity index is 1.79. The number of hydrogen-bond acceptors (Lipinski definition) is 4. The van der Waals surface area contributed by atoms with Gasteiger partial charge in [-0.2, -0.15) is 0 Å². The van der Waals surface area contributed by atoms with Crippen LogP contribution in [0.1, 0.15) is 11.1 Å². The van der Waals surface area contributed by atoms with Gasteiger partial charge in [-0.15, -0.1) is 0 Å². The lowest BCUT2D eigenvalue weighted by atomic mass is 10.0. The number of carbonyl (C=O) groups excluding carboxylic acids is 1. The minimum atomic E-state index is -0.386. The molecular formula is C23H18O4. The molecule has 0 fully saturated rings. The van der Waals surface area contributed by atoms with Gasteiger partial charge in [0.05, 0.1) is 19.8 Å². The predicted molar refractivity (Wildman–Crippen MR) is 106 cm³/mol. The summed E-state index contributed by atoms with van der Waals surface area (Å²) in [6.07, 6.45) is 3.52. The molecule has 1 aliphatic rings. The molecule has 1 aliphatic heterocycles. The van der Waals surface area contributed by atoms with E-state index in [2.05, 4.69) is 0 Å². The van der Waals surface area contributed by atoms with Gasteiger partial charge in [-0.05, 0) is 41.1 Å². The van der Waals surface area contributed by atoms with Gasteiger partial charge in [0.2, 0.25) is 0 Å². The second-order valence-electron chi connectivity index (χ2n) is 6.13. The average Bonchev–Trinajstić information content (AvgIpc) is 3.07. The number of rotatable bonds is 4. The molecule has 4 rings (SSSR count). The van der Waals surface area contributed by atoms with E-state index in [0.717, 1.165) is 21.9 Å². The van der Waals surface area contributed by atoms with Gasteiger partial charge in [-0.25, -0.2) is 4.79 Å². The molecule has 0 N–H and O–H groups in total. The van der Waals surface area contributed by atoms with Crippen molar-refractivity contribution < 1.29 is 19.0 Å². The van der Waals surface area contributed by atoms with E-state index >= 15 is 0 Å². The Labute approximate surface area is 157 Å². The van der Waals surface area contributed by atoms with Crippen LogP contribution in [0.2, 0.25) is 0 Å². The molecule has 1 heterocycles. The van der Waals surface area contributed by atoms with Crippen LogP contribution in [0.5, 0.6) is 11.5 Å². The minimum absolute atomic E-state index is 0.386. The minimum Gasteiger partial charge on any atom is -0.497 e. The van der Waals surface area contributed by atoms with Crippen molar-refractivity contribution in [2.24, 2.45) is 0 Å². The lowest BCUT2D eigenvalue weighted by Gasteiger charge is -2.07. The van der Waals surface area contributed by atoms with Gasteiger partial charge in [0, 0.05) is 11.1 Å². The molecule has 0 unspecified atom stereocenters. The molecule has 3 aromatic rings. The van der Waals surface area contributed by atoms with Gasteiger partial charge in [0.1, 0.15) is 17.3 Å². The monoisotopic (exact) mass is 358 g/mol. The van der Waals surface area contributed by atoms with E-state index < -0.39 is 0 Å². The first-order valence-corrected chi connectivity index (χ1v) is 8.55. The highest BCUT2D eigenvalue weighted by molar-refractivity contribution is 6.07. The maximum absolute atomic E-state index is 12.4. The van der Waals surface area contributed by atoms with Gasteiger partial charge < -0.3 is 14.2 Å². The molecular weight excluding hydrogens is 340 g/mol. The molecule has 0 saturated carbocycles. The van der Waals surface area contributed by atoms with Crippen molar-refractivity contribution in [3.63, 3.8) is 0 Å². The number of carbonyl (C=O) groups is 1. The lowest BCUT2D eigenvalue weighted by Crippen LogP contribution is -1.98. The van der Waals surface area contributed by atoms with E-state index in [1.54, 1.807) is 32.4 Å². The second-order valence-corrected chi connectivity index (χ2v) is 6.13. The molecule has 4 nitrogen and oxygen atoms in total. The smallest absolute Gasteiger partial charge is 0.343 e. The van der Waals surface area contributed by atoms with Gasteiger partial charge in [0.25, 0.3) is 0 Å². The summed E-state index contributed by atoms with van der Waals surface area (Å²) in [7, 11) is 3.19. The Bertz CT molecular complexity index is 1090. The summed E-state index contributed by atoms with van der Waals surface area (Å²) in [5.74, 6) is 1.50. The number of methoxy groups -OCH3 is 2. The van der Waals surface area contributed by atoms with Crippen LogP contribution in [0.15, 0.2) is 72.3 Å². The van der Waals surface area contributed by atoms with Crippen molar-refractivity contribution in [2.45, 2.75) is 0 Å². The molecule has 0 radical (unpaired) electrons. The summed E-state index contributed by atoms with van der Waals surface area (Å²) in [6.45, 7) is 0. The number of hydrogen-bond donors (Lipinski definition) is 0. The maximum atomic E-state index is 12.4. The third-order valence-electron chi connectivity index (χ3n) is 4.53. The summed E-state index contributed by atoms with van der Waals surface area (Å²) in [4.78, 5) is 12.4. The summed E-state index contributed by atoms with van der Waals surface area (Å²) in [6, 6.07) is 19.4. The molecule has 0 aromatic heterocycles. The molecule has 27 heavy (non-hydrogen) atoms. The van der Waals surface area contributed by atoms with Crippen molar-refractivity contribution in [1.29, 1.82) is 0 Å². The van der Waals surface area contributed by atoms with E-state index in [9.17, 15) is 4.79 Å². The largest absolute Gasteiger partial charge is 0.497 e. The van der Waals surface area contributed by atoms with Crippen LogP contribution in [0.4, 0.5) is 0 Å². The fourth-order valence-electron chi connectivity index (χ4n) is 3.18. The Morgan fingerprint density at radius 2 is 1.74 bits per heavy atom. The number of ether oxygens (including phenoxy) is 3. The van der Waals surface area contributed by atoms with Crippen LogP contribution in [0.25, 0.3) is 22.6 Å². The first-order chi connectivity index (χ1) is 13.2. The average molecular weight is 358 g/mol. The van der Waals surface area contributed by atoms with E-state index in [1.165, 1.54) is 0 Å². The van der Waals surface area contributed by atoms with Gasteiger partial charge in [-0.1, -0.05) is 42.5 Å². The zero-order valence-electron chi connectivity index (χ0n) is 15.1. The van der Waals surface area contributed by atoms with E-state index in [0.29, 0.717) is 22.8 Å². The van der Waals surface area contributed by atoms with Crippen molar-refractivity contribution in [3.8, 4) is 11.5 Å². The van der Waals surface area contributed by atoms with Gasteiger partial charge in [-0.3, -0.25) is 0 Å². The summed E-state index contributed by atoms with van der Waals surface area (Å²) >= 11 is 0. The molecule has 0 atom stereocenters. The van der Waals surface area contributed by atoms with Crippen molar-refractivity contribution in [2.75, 3.05) is 14.2 Å². The van der Waals surface area contributed by atoms with Crippen molar-refractivity contribution in [3.05, 3.63) is 83.4 Å². The Hall–Kier alpha value is -3.53. The standard InChI is InChI=1S/C23H18O4/c1-25-18-10-11-21(26-2)16(13-18)12-17-14-22(27-23(17)24)20-9-5-7-15-6-3-4-8-19(15)20/h3-14H,1-2H3/b17-12+. The van der Waals surface area contributed by atoms with E-state index in [1.807, 2.05) is 54.6 Å². The van der Waals surface area contributed by atoms with Gasteiger partial charge >= 0.3 is 5.97 Å². The molecule has 0 aliphatic carbocycles. The summed E-state index contributed by atoms with van der Waals surface area (Å²) < 4.78 is 16.2. The number of esters is 1. The third kappa shape index (κ3) is 3.17. The first-order valence-electron chi connectivity index (χ1n) is 8.55. The SMILES string of the molecule is COc1ccc(OC)c(/C=C2\C=C(c3cccc4ccccc34)OC2=O)c1. The highest BCUT2D eigenvalue weighted by Gasteiger charge is 2.23. The van der Waals surface area contributed by atoms with Crippen LogP contribution in [0.3, 0.4) is 0 Å². The molecule has 0 amide bonds. The number of cyclic esters (lactones) is 1. The first kappa shape index (κ1) is 16.9. The maximum Gasteiger partial charge on any atom is 0.343 e. The molecule has 0 spiro atoms. The number of fused-ring (bicyclic) bond motifs is 1. The number of benzene rings is 3. The van der Waals surface area contributed by atoms with Crippen LogP contribution in [-0.4, -0.2) is 20.2 Å². The quantitative estimate of drug-likeness (QED) is 0.495. The Kier molecular flexibility index (Phi) is 4.38. The van der Waals surface area contributed by atoms with Crippen LogP contribution in [-0.2, 0) is 9.53 Å². The molecule has 0 saturated heterocycles. The molecule has 134 valence electrons. The fraction of sp³-hybridized carbons (Fsp3) is 0.0870. The fourth-order valence-corrected chi connectivity index (χ4v) is 3.18. The van der Waals surface area contributed by atoms with E-state index in [4.69, 9.17) is 14.2 Å². The highest BCUT2D eigenvalue weighted by atomic mass is 16.5. The zero-order valence-corrected chi connectivity index (χ0v) is 15.1. The van der Waals surface area contributed by atoms with Crippen LogP contribution >= 0.6 is 0 Å². The Morgan fingerprint density at radius 3 is 2.56 bits per heavy atom. The topological polar surface area (TPSA) is 44.8 Å². The predicted octanol–water partition coefficient (Wildman–Crippen LogP) is 4.84. The lowest BCUT2D eigenvalue weighted by molar-refractivity contribution is -0.130. The summed E-state index contributed by atoms with van der Waals surface area (Å²) in [5.41, 5.74) is 2.10. The molecule has 4 heteroatoms. The molecule has 0 bridgehead atoms. The second kappa shape index (κ2) is 7.00. The van der Waals surface area contributed by atoms with Crippen LogP contribution < -0.4 is 9.47 Å². The van der Waals surface area contributed by atoms with Crippen molar-refractivity contribution in [1.82, 2.24) is 0 Å². The van der Waals surface area contributed by atoms with E-state index in [-0.39, 0.29) is 5.97 Å². The third-order valence-corrected chi connectivity index (χ3v) is 4.53. The van der Waals surface area contributed by atoms with Crippen LogP contribution in [0, 0.1) is 0 Å². The zero-order chi connectivity index (χ0) is 18.8. The normalized spacial score (nSPS) is 15.0. The molecule has 3 aromatic carbocycles. The Morgan fingerprint density at radius 1 is 0.926 bits per heavy atom. The van der Waals surface area contributed by atoms with Gasteiger partial charge in [0.15, 0.2) is 0 Å². The van der Waals surface area contributed by atoms with Crippen molar-refractivity contribution >= 4 is 28.6 Å². The summed E-state index contributed by atoms with van der Waals surface area (Å²) in [5, 5.41) is 2.14. The highest BCUT2D eigenvalue weighted by Crippen LogP contribution is 2.33.